The summed E-state index contributed by atoms with van der Waals surface area (Å²) >= 11 is 6.12. The van der Waals surface area contributed by atoms with Crippen molar-refractivity contribution < 1.29 is 14.3 Å². The summed E-state index contributed by atoms with van der Waals surface area (Å²) < 4.78 is 5.12. The fourth-order valence-corrected chi connectivity index (χ4v) is 3.13. The molecule has 0 saturated carbocycles. The summed E-state index contributed by atoms with van der Waals surface area (Å²) in [5.41, 5.74) is 0.818. The number of nitrogens with zero attached hydrogens (tertiary/aromatic N) is 4. The minimum absolute atomic E-state index is 0.108. The number of carbonyl (C=O) groups is 2. The van der Waals surface area contributed by atoms with Crippen molar-refractivity contribution in [2.75, 3.05) is 33.3 Å². The third-order valence-corrected chi connectivity index (χ3v) is 4.55. The van der Waals surface area contributed by atoms with Gasteiger partial charge in [0.25, 0.3) is 11.8 Å². The van der Waals surface area contributed by atoms with E-state index in [1.807, 2.05) is 0 Å². The Kier molecular flexibility index (Phi) is 5.68. The molecule has 8 heteroatoms. The smallest absolute Gasteiger partial charge is 0.274 e. The molecule has 1 aliphatic rings. The molecule has 2 aromatic rings. The number of aromatic nitrogens is 2. The Hall–Kier alpha value is -2.67. The van der Waals surface area contributed by atoms with Crippen LogP contribution in [0.4, 0.5) is 0 Å². The standard InChI is InChI=1S/C18H19ClN4O3/c1-26-16-4-3-13(11-14(16)19)17(24)22-7-2-8-23(10-9-22)18(25)15-12-20-5-6-21-15/h3-6,11-12H,2,7-10H2,1H3. The molecular weight excluding hydrogens is 356 g/mol. The Morgan fingerprint density at radius 2 is 1.81 bits per heavy atom. The van der Waals surface area contributed by atoms with Crippen LogP contribution in [-0.4, -0.2) is 64.9 Å². The Labute approximate surface area is 156 Å². The Bertz CT molecular complexity index is 800. The number of methoxy groups -OCH3 is 1. The fraction of sp³-hybridized carbons (Fsp3) is 0.333. The number of ether oxygens (including phenoxy) is 1. The number of amides is 2. The molecule has 0 spiro atoms. The number of carbonyl (C=O) groups excluding carboxylic acids is 2. The minimum Gasteiger partial charge on any atom is -0.495 e. The van der Waals surface area contributed by atoms with E-state index in [4.69, 9.17) is 16.3 Å². The molecule has 7 nitrogen and oxygen atoms in total. The van der Waals surface area contributed by atoms with Gasteiger partial charge in [0.2, 0.25) is 0 Å². The predicted molar refractivity (Wildman–Crippen MR) is 96.5 cm³/mol. The molecule has 0 unspecified atom stereocenters. The number of rotatable bonds is 3. The van der Waals surface area contributed by atoms with Crippen molar-refractivity contribution >= 4 is 23.4 Å². The van der Waals surface area contributed by atoms with Crippen molar-refractivity contribution in [2.45, 2.75) is 6.42 Å². The molecule has 0 radical (unpaired) electrons. The molecule has 1 aromatic carbocycles. The highest BCUT2D eigenvalue weighted by molar-refractivity contribution is 6.32. The van der Waals surface area contributed by atoms with Crippen LogP contribution in [0.3, 0.4) is 0 Å². The van der Waals surface area contributed by atoms with Gasteiger partial charge in [-0.15, -0.1) is 0 Å². The van der Waals surface area contributed by atoms with E-state index in [-0.39, 0.29) is 11.8 Å². The molecular formula is C18H19ClN4O3. The molecule has 0 bridgehead atoms. The van der Waals surface area contributed by atoms with Gasteiger partial charge in [0.05, 0.1) is 18.3 Å². The zero-order chi connectivity index (χ0) is 18.5. The van der Waals surface area contributed by atoms with Gasteiger partial charge in [0, 0.05) is 44.1 Å². The summed E-state index contributed by atoms with van der Waals surface area (Å²) in [6.45, 7) is 2.05. The summed E-state index contributed by atoms with van der Waals surface area (Å²) in [5, 5.41) is 0.396. The fourth-order valence-electron chi connectivity index (χ4n) is 2.88. The quantitative estimate of drug-likeness (QED) is 0.822. The summed E-state index contributed by atoms with van der Waals surface area (Å²) in [5.74, 6) is 0.253. The number of benzene rings is 1. The first-order chi connectivity index (χ1) is 12.6. The molecule has 136 valence electrons. The molecule has 1 fully saturated rings. The van der Waals surface area contributed by atoms with E-state index in [1.165, 1.54) is 25.7 Å². The predicted octanol–water partition coefficient (Wildman–Crippen LogP) is 2.13. The van der Waals surface area contributed by atoms with Crippen LogP contribution in [0.15, 0.2) is 36.8 Å². The average Bonchev–Trinajstić information content (AvgIpc) is 2.93. The van der Waals surface area contributed by atoms with Gasteiger partial charge in [-0.1, -0.05) is 11.6 Å². The lowest BCUT2D eigenvalue weighted by Gasteiger charge is -2.22. The zero-order valence-corrected chi connectivity index (χ0v) is 15.1. The largest absolute Gasteiger partial charge is 0.495 e. The molecule has 2 amide bonds. The first kappa shape index (κ1) is 18.1. The topological polar surface area (TPSA) is 75.6 Å². The average molecular weight is 375 g/mol. The van der Waals surface area contributed by atoms with E-state index in [0.29, 0.717) is 54.6 Å². The Morgan fingerprint density at radius 3 is 2.42 bits per heavy atom. The van der Waals surface area contributed by atoms with E-state index in [2.05, 4.69) is 9.97 Å². The van der Waals surface area contributed by atoms with Crippen LogP contribution in [0, 0.1) is 0 Å². The monoisotopic (exact) mass is 374 g/mol. The van der Waals surface area contributed by atoms with Crippen molar-refractivity contribution in [3.63, 3.8) is 0 Å². The van der Waals surface area contributed by atoms with Crippen LogP contribution in [0.2, 0.25) is 5.02 Å². The van der Waals surface area contributed by atoms with Crippen molar-refractivity contribution in [3.05, 3.63) is 53.1 Å². The molecule has 0 aliphatic carbocycles. The lowest BCUT2D eigenvalue weighted by molar-refractivity contribution is 0.0715. The number of halogens is 1. The van der Waals surface area contributed by atoms with Crippen molar-refractivity contribution in [1.29, 1.82) is 0 Å². The molecule has 26 heavy (non-hydrogen) atoms. The lowest BCUT2D eigenvalue weighted by Crippen LogP contribution is -2.37. The van der Waals surface area contributed by atoms with E-state index in [1.54, 1.807) is 28.0 Å². The van der Waals surface area contributed by atoms with Gasteiger partial charge in [-0.3, -0.25) is 14.6 Å². The van der Waals surface area contributed by atoms with Crippen LogP contribution in [0.25, 0.3) is 0 Å². The van der Waals surface area contributed by atoms with E-state index >= 15 is 0 Å². The summed E-state index contributed by atoms with van der Waals surface area (Å²) in [7, 11) is 1.53. The number of hydrogen-bond acceptors (Lipinski definition) is 5. The zero-order valence-electron chi connectivity index (χ0n) is 14.4. The van der Waals surface area contributed by atoms with Crippen LogP contribution < -0.4 is 4.74 Å². The van der Waals surface area contributed by atoms with Crippen LogP contribution >= 0.6 is 11.6 Å². The maximum Gasteiger partial charge on any atom is 0.274 e. The van der Waals surface area contributed by atoms with Gasteiger partial charge in [-0.25, -0.2) is 4.98 Å². The highest BCUT2D eigenvalue weighted by Gasteiger charge is 2.24. The first-order valence-electron chi connectivity index (χ1n) is 8.28. The van der Waals surface area contributed by atoms with E-state index in [0.717, 1.165) is 0 Å². The van der Waals surface area contributed by atoms with Crippen LogP contribution in [0.1, 0.15) is 27.3 Å². The van der Waals surface area contributed by atoms with Crippen molar-refractivity contribution in [1.82, 2.24) is 19.8 Å². The number of hydrogen-bond donors (Lipinski definition) is 0. The lowest BCUT2D eigenvalue weighted by atomic mass is 10.2. The second-order valence-electron chi connectivity index (χ2n) is 5.88. The van der Waals surface area contributed by atoms with E-state index in [9.17, 15) is 9.59 Å². The van der Waals surface area contributed by atoms with Crippen molar-refractivity contribution in [3.8, 4) is 5.75 Å². The van der Waals surface area contributed by atoms with Gasteiger partial charge < -0.3 is 14.5 Å². The highest BCUT2D eigenvalue weighted by Crippen LogP contribution is 2.25. The van der Waals surface area contributed by atoms with Crippen LogP contribution in [-0.2, 0) is 0 Å². The molecule has 0 atom stereocenters. The summed E-state index contributed by atoms with van der Waals surface area (Å²) in [6.07, 6.45) is 5.17. The molecule has 3 rings (SSSR count). The Morgan fingerprint density at radius 1 is 1.08 bits per heavy atom. The SMILES string of the molecule is COc1ccc(C(=O)N2CCCN(C(=O)c3cnccn3)CC2)cc1Cl. The molecule has 2 heterocycles. The normalized spacial score (nSPS) is 14.7. The van der Waals surface area contributed by atoms with Crippen molar-refractivity contribution in [2.24, 2.45) is 0 Å². The van der Waals surface area contributed by atoms with Gasteiger partial charge >= 0.3 is 0 Å². The molecule has 1 aromatic heterocycles. The molecule has 1 saturated heterocycles. The third-order valence-electron chi connectivity index (χ3n) is 4.25. The maximum atomic E-state index is 12.8. The molecule has 0 N–H and O–H groups in total. The Balaban J connectivity index is 1.67. The van der Waals surface area contributed by atoms with Gasteiger partial charge in [-0.05, 0) is 24.6 Å². The van der Waals surface area contributed by atoms with Gasteiger partial charge in [0.15, 0.2) is 0 Å². The minimum atomic E-state index is -0.167. The van der Waals surface area contributed by atoms with Gasteiger partial charge in [-0.2, -0.15) is 0 Å². The van der Waals surface area contributed by atoms with E-state index < -0.39 is 0 Å². The second kappa shape index (κ2) is 8.14. The summed E-state index contributed by atoms with van der Waals surface area (Å²) in [4.78, 5) is 36.7. The highest BCUT2D eigenvalue weighted by atomic mass is 35.5. The molecule has 1 aliphatic heterocycles. The maximum absolute atomic E-state index is 12.8. The third kappa shape index (κ3) is 3.94. The van der Waals surface area contributed by atoms with Crippen LogP contribution in [0.5, 0.6) is 5.75 Å². The first-order valence-corrected chi connectivity index (χ1v) is 8.66. The van der Waals surface area contributed by atoms with Gasteiger partial charge in [0.1, 0.15) is 11.4 Å². The summed E-state index contributed by atoms with van der Waals surface area (Å²) in [6, 6.07) is 4.98. The second-order valence-corrected chi connectivity index (χ2v) is 6.29.